The van der Waals surface area contributed by atoms with E-state index in [0.29, 0.717) is 11.0 Å². The lowest BCUT2D eigenvalue weighted by molar-refractivity contribution is 0.00578. The molecule has 1 aromatic rings. The molecule has 1 saturated heterocycles. The van der Waals surface area contributed by atoms with Gasteiger partial charge in [0.1, 0.15) is 17.2 Å². The third-order valence-electron chi connectivity index (χ3n) is 4.79. The predicted octanol–water partition coefficient (Wildman–Crippen LogP) is 2.79. The van der Waals surface area contributed by atoms with E-state index in [4.69, 9.17) is 19.3 Å². The molecule has 2 heterocycles. The summed E-state index contributed by atoms with van der Waals surface area (Å²) in [5, 5.41) is 11.8. The summed E-state index contributed by atoms with van der Waals surface area (Å²) in [4.78, 5) is 26.3. The minimum atomic E-state index is -0.715. The molecule has 8 nitrogen and oxygen atoms in total. The van der Waals surface area contributed by atoms with E-state index in [0.717, 1.165) is 0 Å². The number of nitrogens with zero attached hydrogens (tertiary/aromatic N) is 1. The Morgan fingerprint density at radius 3 is 2.41 bits per heavy atom. The highest BCUT2D eigenvalue weighted by Crippen LogP contribution is 2.38. The number of alkyl carbamates (subject to hydrolysis) is 1. The molecule has 0 spiro atoms. The number of carbonyl (C=O) groups excluding carboxylic acids is 1. The first-order chi connectivity index (χ1) is 13.2. The summed E-state index contributed by atoms with van der Waals surface area (Å²) < 4.78 is 17.5. The average Bonchev–Trinajstić information content (AvgIpc) is 2.79. The molecule has 0 unspecified atom stereocenters. The van der Waals surface area contributed by atoms with Crippen molar-refractivity contribution >= 4 is 19.3 Å². The fourth-order valence-electron chi connectivity index (χ4n) is 2.57. The maximum Gasteiger partial charge on any atom is 0.492 e. The summed E-state index contributed by atoms with van der Waals surface area (Å²) >= 11 is 0. The molecule has 0 aliphatic carbocycles. The molecule has 0 atom stereocenters. The van der Waals surface area contributed by atoms with Gasteiger partial charge in [0.05, 0.1) is 11.2 Å². The molecule has 1 fully saturated rings. The number of hydrogen-bond donors (Lipinski definition) is 2. The standard InChI is InChI=1S/C20H28BN3O5/c1-18(2,3)27-17(26)24-12-15(21-28-19(4,5)20(6,7)29-21)9-13-8-14(10-22)16(25)23-11-13/h8-9,11H,12H2,1-7H3,(H,23,25)(H,24,26). The van der Waals surface area contributed by atoms with Crippen molar-refractivity contribution in [3.8, 4) is 6.07 Å². The second kappa shape index (κ2) is 8.05. The number of rotatable bonds is 4. The van der Waals surface area contributed by atoms with E-state index in [2.05, 4.69) is 10.3 Å². The number of nitriles is 1. The van der Waals surface area contributed by atoms with Crippen molar-refractivity contribution in [3.63, 3.8) is 0 Å². The van der Waals surface area contributed by atoms with Gasteiger partial charge >= 0.3 is 13.2 Å². The smallest absolute Gasteiger partial charge is 0.444 e. The Hall–Kier alpha value is -2.57. The van der Waals surface area contributed by atoms with Crippen LogP contribution in [0, 0.1) is 11.3 Å². The van der Waals surface area contributed by atoms with Crippen LogP contribution < -0.4 is 10.9 Å². The molecule has 0 bridgehead atoms. The Kier molecular flexibility index (Phi) is 6.31. The summed E-state index contributed by atoms with van der Waals surface area (Å²) in [6.07, 6.45) is 2.64. The first kappa shape index (κ1) is 22.7. The summed E-state index contributed by atoms with van der Waals surface area (Å²) in [6.45, 7) is 13.2. The lowest BCUT2D eigenvalue weighted by Gasteiger charge is -2.32. The fourth-order valence-corrected chi connectivity index (χ4v) is 2.57. The van der Waals surface area contributed by atoms with Crippen LogP contribution in [-0.4, -0.2) is 41.5 Å². The molecule has 2 rings (SSSR count). The van der Waals surface area contributed by atoms with Crippen LogP contribution >= 0.6 is 0 Å². The van der Waals surface area contributed by atoms with Crippen molar-refractivity contribution in [2.24, 2.45) is 0 Å². The zero-order valence-corrected chi connectivity index (χ0v) is 18.0. The number of hydrogen-bond acceptors (Lipinski definition) is 6. The number of nitrogens with one attached hydrogen (secondary N) is 2. The van der Waals surface area contributed by atoms with Gasteiger partial charge < -0.3 is 24.3 Å². The van der Waals surface area contributed by atoms with Gasteiger partial charge in [0.15, 0.2) is 0 Å². The van der Waals surface area contributed by atoms with Gasteiger partial charge in [-0.2, -0.15) is 5.26 Å². The Morgan fingerprint density at radius 1 is 1.31 bits per heavy atom. The SMILES string of the molecule is CC(C)(C)OC(=O)NCC(=Cc1c[nH]c(=O)c(C#N)c1)B1OC(C)(C)C(C)(C)O1. The maximum atomic E-state index is 12.1. The monoisotopic (exact) mass is 401 g/mol. The van der Waals surface area contributed by atoms with Crippen molar-refractivity contribution in [3.05, 3.63) is 39.2 Å². The summed E-state index contributed by atoms with van der Waals surface area (Å²) in [5.41, 5.74) is -1.03. The fraction of sp³-hybridized carbons (Fsp3) is 0.550. The quantitative estimate of drug-likeness (QED) is 0.750. The lowest BCUT2D eigenvalue weighted by atomic mass is 9.77. The third-order valence-corrected chi connectivity index (χ3v) is 4.79. The van der Waals surface area contributed by atoms with Gasteiger partial charge in [0.2, 0.25) is 0 Å². The first-order valence-electron chi connectivity index (χ1n) is 9.40. The van der Waals surface area contributed by atoms with Crippen molar-refractivity contribution < 1.29 is 18.8 Å². The molecule has 0 aromatic carbocycles. The molecular formula is C20H28BN3O5. The molecule has 1 amide bonds. The van der Waals surface area contributed by atoms with Crippen LogP contribution in [0.25, 0.3) is 6.08 Å². The zero-order valence-electron chi connectivity index (χ0n) is 18.0. The number of aromatic nitrogens is 1. The topological polar surface area (TPSA) is 113 Å². The van der Waals surface area contributed by atoms with Crippen LogP contribution in [-0.2, 0) is 14.0 Å². The molecule has 1 aromatic heterocycles. The van der Waals surface area contributed by atoms with Gasteiger partial charge in [-0.3, -0.25) is 4.79 Å². The number of ether oxygens (including phenoxy) is 1. The Balaban J connectivity index is 2.32. The van der Waals surface area contributed by atoms with Gasteiger partial charge in [-0.25, -0.2) is 4.79 Å². The van der Waals surface area contributed by atoms with E-state index in [1.807, 2.05) is 33.8 Å². The predicted molar refractivity (Wildman–Crippen MR) is 110 cm³/mol. The van der Waals surface area contributed by atoms with Crippen molar-refractivity contribution in [2.45, 2.75) is 65.3 Å². The van der Waals surface area contributed by atoms with Crippen molar-refractivity contribution in [1.29, 1.82) is 5.26 Å². The minimum absolute atomic E-state index is 0.00730. The summed E-state index contributed by atoms with van der Waals surface area (Å²) in [6, 6.07) is 3.33. The molecule has 156 valence electrons. The molecule has 0 saturated carbocycles. The Labute approximate surface area is 171 Å². The molecule has 0 radical (unpaired) electrons. The van der Waals surface area contributed by atoms with E-state index in [1.165, 1.54) is 12.3 Å². The van der Waals surface area contributed by atoms with Crippen LogP contribution in [0.15, 0.2) is 22.5 Å². The zero-order chi connectivity index (χ0) is 22.0. The van der Waals surface area contributed by atoms with Crippen LogP contribution in [0.2, 0.25) is 0 Å². The molecule has 1 aliphatic rings. The van der Waals surface area contributed by atoms with E-state index < -0.39 is 35.6 Å². The maximum absolute atomic E-state index is 12.1. The van der Waals surface area contributed by atoms with E-state index >= 15 is 0 Å². The van der Waals surface area contributed by atoms with Gasteiger partial charge in [0.25, 0.3) is 5.56 Å². The van der Waals surface area contributed by atoms with Crippen LogP contribution in [0.5, 0.6) is 0 Å². The highest BCUT2D eigenvalue weighted by molar-refractivity contribution is 6.56. The van der Waals surface area contributed by atoms with E-state index in [1.54, 1.807) is 26.8 Å². The highest BCUT2D eigenvalue weighted by atomic mass is 16.7. The second-order valence-electron chi connectivity index (χ2n) is 8.95. The van der Waals surface area contributed by atoms with E-state index in [-0.39, 0.29) is 12.1 Å². The van der Waals surface area contributed by atoms with Gasteiger partial charge in [0, 0.05) is 12.7 Å². The first-order valence-corrected chi connectivity index (χ1v) is 9.40. The molecule has 29 heavy (non-hydrogen) atoms. The largest absolute Gasteiger partial charge is 0.492 e. The van der Waals surface area contributed by atoms with Gasteiger partial charge in [-0.05, 0) is 65.6 Å². The summed E-state index contributed by atoms with van der Waals surface area (Å²) in [5.74, 6) is 0. The van der Waals surface area contributed by atoms with Crippen LogP contribution in [0.1, 0.15) is 59.6 Å². The summed E-state index contributed by atoms with van der Waals surface area (Å²) in [7, 11) is -0.715. The molecule has 2 N–H and O–H groups in total. The molecular weight excluding hydrogens is 373 g/mol. The normalized spacial score (nSPS) is 18.3. The number of pyridine rings is 1. The highest BCUT2D eigenvalue weighted by Gasteiger charge is 2.52. The Morgan fingerprint density at radius 2 is 1.90 bits per heavy atom. The van der Waals surface area contributed by atoms with Crippen LogP contribution in [0.4, 0.5) is 4.79 Å². The lowest BCUT2D eigenvalue weighted by Crippen LogP contribution is -2.41. The van der Waals surface area contributed by atoms with Crippen molar-refractivity contribution in [2.75, 3.05) is 6.54 Å². The number of carbonyl (C=O) groups is 1. The minimum Gasteiger partial charge on any atom is -0.444 e. The third kappa shape index (κ3) is 5.72. The van der Waals surface area contributed by atoms with E-state index in [9.17, 15) is 9.59 Å². The van der Waals surface area contributed by atoms with Gasteiger partial charge in [-0.1, -0.05) is 6.08 Å². The Bertz CT molecular complexity index is 890. The van der Waals surface area contributed by atoms with Gasteiger partial charge in [-0.15, -0.1) is 0 Å². The number of amides is 1. The second-order valence-corrected chi connectivity index (χ2v) is 8.95. The molecule has 9 heteroatoms. The van der Waals surface area contributed by atoms with Crippen molar-refractivity contribution in [1.82, 2.24) is 10.3 Å². The average molecular weight is 401 g/mol. The number of aromatic amines is 1. The van der Waals surface area contributed by atoms with Crippen LogP contribution in [0.3, 0.4) is 0 Å². The number of H-pyrrole nitrogens is 1. The molecule has 1 aliphatic heterocycles.